The van der Waals surface area contributed by atoms with E-state index in [1.54, 1.807) is 4.90 Å². The summed E-state index contributed by atoms with van der Waals surface area (Å²) in [7, 11) is 0. The Morgan fingerprint density at radius 3 is 1.92 bits per heavy atom. The number of nitrogens with zero attached hydrogens (tertiary/aromatic N) is 2. The van der Waals surface area contributed by atoms with E-state index in [4.69, 9.17) is 0 Å². The topological polar surface area (TPSA) is 174 Å². The van der Waals surface area contributed by atoms with E-state index in [0.717, 1.165) is 12.8 Å². The lowest BCUT2D eigenvalue weighted by atomic mass is 9.66. The van der Waals surface area contributed by atoms with Crippen LogP contribution < -0.4 is 21.3 Å². The Bertz CT molecular complexity index is 1480. The monoisotopic (exact) mass is 712 g/mol. The summed E-state index contributed by atoms with van der Waals surface area (Å²) in [6.07, 6.45) is 2.82. The Morgan fingerprint density at radius 2 is 1.43 bits per heavy atom. The van der Waals surface area contributed by atoms with Gasteiger partial charge >= 0.3 is 6.03 Å². The first kappa shape index (κ1) is 38.7. The molecule has 5 aliphatic rings. The number of carbonyl (C=O) groups is 7. The predicted molar refractivity (Wildman–Crippen MR) is 190 cm³/mol. The summed E-state index contributed by atoms with van der Waals surface area (Å²) in [4.78, 5) is 97.5. The number of piperidine rings is 2. The highest BCUT2D eigenvalue weighted by Gasteiger charge is 2.70. The van der Waals surface area contributed by atoms with Crippen LogP contribution in [0.25, 0.3) is 0 Å². The minimum Gasteiger partial charge on any atom is -0.347 e. The SMILES string of the molecule is CC1CC(NC(=O)[C@@H]2[C@@H]3[C@H](CN2C(=O)[C@@H](NC(=O)N[C@H](CN2C(=O)CC(C)(C)CC2=O)C(C)(C)C)C(C)(C)C)C3(C)C)(C(=O)C(=O)NC2CC2)C1. The number of fused-ring (bicyclic) bond motifs is 1. The van der Waals surface area contributed by atoms with Gasteiger partial charge in [0.25, 0.3) is 5.91 Å². The zero-order valence-electron chi connectivity index (χ0n) is 32.5. The Labute approximate surface area is 302 Å². The lowest BCUT2D eigenvalue weighted by molar-refractivity contribution is -0.153. The number of imide groups is 1. The third-order valence-corrected chi connectivity index (χ3v) is 12.0. The summed E-state index contributed by atoms with van der Waals surface area (Å²) in [6, 6.07) is -3.14. The maximum atomic E-state index is 14.5. The Hall–Kier alpha value is -3.51. The molecule has 2 aliphatic heterocycles. The second-order valence-corrected chi connectivity index (χ2v) is 19.8. The summed E-state index contributed by atoms with van der Waals surface area (Å²) in [5, 5.41) is 11.6. The standard InChI is InChI=1S/C38H60N6O7/c1-20-14-38(15-20,29(47)31(49)39-21-12-13-21)42-30(48)27-26-22(37(26,10)11)18-44(27)32(50)28(35(5,6)7)41-33(51)40-23(34(2,3)4)19-43-24(45)16-36(8,9)17-25(43)46/h20-23,26-28H,12-19H2,1-11H3,(H,39,49)(H,42,48)(H2,40,41,51)/t20?,22-,23+,26-,27-,28+,38?/m0/s1. The minimum absolute atomic E-state index is 0.00235. The second kappa shape index (κ2) is 12.9. The van der Waals surface area contributed by atoms with Gasteiger partial charge in [-0.3, -0.25) is 33.7 Å². The molecule has 0 aromatic heterocycles. The Balaban J connectivity index is 1.32. The van der Waals surface area contributed by atoms with Gasteiger partial charge in [-0.2, -0.15) is 0 Å². The van der Waals surface area contributed by atoms with Crippen molar-refractivity contribution in [1.82, 2.24) is 31.1 Å². The van der Waals surface area contributed by atoms with Crippen molar-refractivity contribution in [2.45, 2.75) is 144 Å². The van der Waals surface area contributed by atoms with Gasteiger partial charge in [0.05, 0.1) is 6.04 Å². The molecule has 4 N–H and O–H groups in total. The molecular weight excluding hydrogens is 652 g/mol. The second-order valence-electron chi connectivity index (χ2n) is 19.8. The van der Waals surface area contributed by atoms with E-state index in [-0.39, 0.29) is 60.4 Å². The first-order valence-corrected chi connectivity index (χ1v) is 18.7. The highest BCUT2D eigenvalue weighted by molar-refractivity contribution is 6.40. The third-order valence-electron chi connectivity index (χ3n) is 12.0. The summed E-state index contributed by atoms with van der Waals surface area (Å²) < 4.78 is 0. The molecule has 5 fully saturated rings. The van der Waals surface area contributed by atoms with Gasteiger partial charge in [0.2, 0.25) is 29.4 Å². The van der Waals surface area contributed by atoms with E-state index in [1.165, 1.54) is 4.90 Å². The molecule has 0 aromatic rings. The molecule has 2 heterocycles. The van der Waals surface area contributed by atoms with Gasteiger partial charge in [-0.05, 0) is 65.1 Å². The quantitative estimate of drug-likeness (QED) is 0.199. The molecule has 5 atom stereocenters. The van der Waals surface area contributed by atoms with Crippen LogP contribution in [0, 0.1) is 39.4 Å². The summed E-state index contributed by atoms with van der Waals surface area (Å²) >= 11 is 0. The third kappa shape index (κ3) is 7.82. The van der Waals surface area contributed by atoms with Crippen LogP contribution in [-0.2, 0) is 28.8 Å². The van der Waals surface area contributed by atoms with Crippen molar-refractivity contribution in [3.8, 4) is 0 Å². The first-order valence-electron chi connectivity index (χ1n) is 18.7. The number of nitrogens with one attached hydrogen (secondary N) is 4. The Morgan fingerprint density at radius 1 is 0.863 bits per heavy atom. The van der Waals surface area contributed by atoms with Crippen LogP contribution in [0.4, 0.5) is 4.79 Å². The number of rotatable bonds is 10. The van der Waals surface area contributed by atoms with E-state index in [9.17, 15) is 33.6 Å². The molecule has 13 heteroatoms. The van der Waals surface area contributed by atoms with E-state index in [0.29, 0.717) is 19.4 Å². The molecule has 7 amide bonds. The summed E-state index contributed by atoms with van der Waals surface area (Å²) in [5.74, 6) is -2.67. The first-order chi connectivity index (χ1) is 23.3. The van der Waals surface area contributed by atoms with Crippen LogP contribution in [-0.4, -0.2) is 93.9 Å². The summed E-state index contributed by atoms with van der Waals surface area (Å²) in [5.41, 5.74) is -3.24. The van der Waals surface area contributed by atoms with Crippen LogP contribution in [0.15, 0.2) is 0 Å². The smallest absolute Gasteiger partial charge is 0.315 e. The number of amides is 7. The molecule has 0 unspecified atom stereocenters. The number of likely N-dealkylation sites (tertiary alicyclic amines) is 2. The normalized spacial score (nSPS) is 30.7. The summed E-state index contributed by atoms with van der Waals surface area (Å²) in [6.45, 7) is 21.4. The largest absolute Gasteiger partial charge is 0.347 e. The molecule has 0 spiro atoms. The van der Waals surface area contributed by atoms with Crippen LogP contribution in [0.1, 0.15) is 115 Å². The number of carbonyl (C=O) groups excluding carboxylic acids is 7. The Kier molecular flexibility index (Phi) is 9.76. The van der Waals surface area contributed by atoms with Crippen molar-refractivity contribution < 1.29 is 33.6 Å². The van der Waals surface area contributed by atoms with E-state index >= 15 is 0 Å². The average Bonchev–Trinajstić information content (AvgIpc) is 3.80. The molecule has 0 bridgehead atoms. The highest BCUT2D eigenvalue weighted by atomic mass is 16.2. The van der Waals surface area contributed by atoms with Crippen molar-refractivity contribution >= 4 is 41.4 Å². The van der Waals surface area contributed by atoms with Gasteiger partial charge < -0.3 is 26.2 Å². The van der Waals surface area contributed by atoms with Gasteiger partial charge in [-0.15, -0.1) is 0 Å². The van der Waals surface area contributed by atoms with Crippen molar-refractivity contribution in [3.63, 3.8) is 0 Å². The van der Waals surface area contributed by atoms with E-state index in [1.807, 2.05) is 62.3 Å². The van der Waals surface area contributed by atoms with Crippen LogP contribution in [0.2, 0.25) is 0 Å². The van der Waals surface area contributed by atoms with Gasteiger partial charge in [0.15, 0.2) is 0 Å². The maximum Gasteiger partial charge on any atom is 0.315 e. The number of ketones is 1. The number of hydrogen-bond donors (Lipinski definition) is 4. The molecule has 51 heavy (non-hydrogen) atoms. The fraction of sp³-hybridized carbons (Fsp3) is 0.816. The van der Waals surface area contributed by atoms with Gasteiger partial charge in [-0.25, -0.2) is 4.79 Å². The van der Waals surface area contributed by atoms with Gasteiger partial charge in [0, 0.05) is 32.0 Å². The van der Waals surface area contributed by atoms with Gasteiger partial charge in [-0.1, -0.05) is 76.2 Å². The number of Topliss-reactive ketones (excluding diaryl/α,β-unsaturated/α-hetero) is 1. The fourth-order valence-electron chi connectivity index (χ4n) is 8.57. The zero-order chi connectivity index (χ0) is 38.2. The molecule has 5 rings (SSSR count). The van der Waals surface area contributed by atoms with E-state index in [2.05, 4.69) is 35.1 Å². The molecular formula is C38H60N6O7. The van der Waals surface area contributed by atoms with Crippen molar-refractivity contribution in [2.75, 3.05) is 13.1 Å². The highest BCUT2D eigenvalue weighted by Crippen LogP contribution is 2.65. The van der Waals surface area contributed by atoms with Crippen LogP contribution in [0.5, 0.6) is 0 Å². The molecule has 284 valence electrons. The average molecular weight is 713 g/mol. The zero-order valence-corrected chi connectivity index (χ0v) is 32.5. The maximum absolute atomic E-state index is 14.5. The minimum atomic E-state index is -1.31. The molecule has 0 aromatic carbocycles. The fourth-order valence-corrected chi connectivity index (χ4v) is 8.57. The van der Waals surface area contributed by atoms with Crippen molar-refractivity contribution in [2.24, 2.45) is 39.4 Å². The molecule has 13 nitrogen and oxygen atoms in total. The molecule has 0 radical (unpaired) electrons. The lowest BCUT2D eigenvalue weighted by Gasteiger charge is -2.46. The van der Waals surface area contributed by atoms with E-state index < -0.39 is 69.4 Å². The van der Waals surface area contributed by atoms with Crippen LogP contribution >= 0.6 is 0 Å². The van der Waals surface area contributed by atoms with Crippen molar-refractivity contribution in [1.29, 1.82) is 0 Å². The number of urea groups is 1. The predicted octanol–water partition coefficient (Wildman–Crippen LogP) is 2.91. The lowest BCUT2D eigenvalue weighted by Crippen LogP contribution is -2.68. The molecule has 3 saturated carbocycles. The van der Waals surface area contributed by atoms with Gasteiger partial charge in [0.1, 0.15) is 17.6 Å². The van der Waals surface area contributed by atoms with Crippen LogP contribution in [0.3, 0.4) is 0 Å². The molecule has 2 saturated heterocycles. The number of hydrogen-bond acceptors (Lipinski definition) is 7. The van der Waals surface area contributed by atoms with Crippen molar-refractivity contribution in [3.05, 3.63) is 0 Å². The molecule has 3 aliphatic carbocycles.